The molecule has 154 valence electrons. The number of hydrogen-bond donors (Lipinski definition) is 2. The summed E-state index contributed by atoms with van der Waals surface area (Å²) in [6.07, 6.45) is 2.59. The van der Waals surface area contributed by atoms with Crippen molar-refractivity contribution in [2.45, 2.75) is 0 Å². The maximum Gasteiger partial charge on any atom is 0.270 e. The van der Waals surface area contributed by atoms with Crippen LogP contribution in [0.15, 0.2) is 46.4 Å². The maximum absolute atomic E-state index is 10.7. The van der Waals surface area contributed by atoms with Gasteiger partial charge in [0, 0.05) is 71.7 Å². The van der Waals surface area contributed by atoms with Crippen LogP contribution in [0.1, 0.15) is 11.1 Å². The smallest absolute Gasteiger partial charge is 0.270 e. The zero-order valence-corrected chi connectivity index (χ0v) is 20.6. The minimum atomic E-state index is -0.577. The van der Waals surface area contributed by atoms with Crippen LogP contribution >= 0.6 is 0 Å². The van der Waals surface area contributed by atoms with Crippen molar-refractivity contribution in [1.29, 1.82) is 0 Å². The Morgan fingerprint density at radius 1 is 0.793 bits per heavy atom. The second kappa shape index (κ2) is 14.0. The van der Waals surface area contributed by atoms with Crippen LogP contribution in [-0.2, 0) is 0 Å². The number of non-ortho nitro benzene ring substituents is 2. The normalized spacial score (nSPS) is 10.1. The summed E-state index contributed by atoms with van der Waals surface area (Å²) in [5.41, 5.74) is 0.0888. The Hall–Kier alpha value is -2.06. The van der Waals surface area contributed by atoms with E-state index in [1.54, 1.807) is 0 Å². The number of nitro benzene ring substituents is 2. The number of nitrogens with zero attached hydrogens (tertiary/aromatic N) is 4. The van der Waals surface area contributed by atoms with E-state index in [1.165, 1.54) is 48.8 Å². The molecule has 0 aromatic heterocycles. The number of rotatable bonds is 7. The van der Waals surface area contributed by atoms with Gasteiger partial charge in [-0.1, -0.05) is 0 Å². The number of benzene rings is 2. The van der Waals surface area contributed by atoms with Crippen LogP contribution in [0.2, 0.25) is 0 Å². The van der Waals surface area contributed by atoms with Gasteiger partial charge in [-0.2, -0.15) is 0 Å². The number of phenolic OH excluding ortho intramolecular Hbond substituents is 2. The van der Waals surface area contributed by atoms with E-state index in [4.69, 9.17) is 0 Å². The van der Waals surface area contributed by atoms with Crippen LogP contribution in [0, 0.1) is 20.2 Å². The Labute approximate surface area is 203 Å². The van der Waals surface area contributed by atoms with Gasteiger partial charge in [-0.05, 0) is 12.1 Å². The van der Waals surface area contributed by atoms with Gasteiger partial charge in [0.05, 0.1) is 22.9 Å². The van der Waals surface area contributed by atoms with Gasteiger partial charge in [0.25, 0.3) is 11.4 Å². The van der Waals surface area contributed by atoms with E-state index in [1.807, 2.05) is 0 Å². The quantitative estimate of drug-likeness (QED) is 0.104. The molecule has 0 bridgehead atoms. The molecule has 0 unspecified atom stereocenters. The van der Waals surface area contributed by atoms with Gasteiger partial charge in [0.2, 0.25) is 0 Å². The van der Waals surface area contributed by atoms with Crippen molar-refractivity contribution in [2.24, 2.45) is 9.98 Å². The van der Waals surface area contributed by atoms with E-state index >= 15 is 0 Å². The molecule has 0 fully saturated rings. The third-order valence-electron chi connectivity index (χ3n) is 3.26. The molecule has 0 heterocycles. The molecular weight excluding hydrogens is 623 g/mol. The van der Waals surface area contributed by atoms with Gasteiger partial charge in [0.15, 0.2) is 0 Å². The summed E-state index contributed by atoms with van der Waals surface area (Å²) < 4.78 is 0. The van der Waals surface area contributed by atoms with Crippen LogP contribution in [0.4, 0.5) is 11.4 Å². The average molecular weight is 637 g/mol. The molecule has 13 heteroatoms. The maximum atomic E-state index is 10.7. The van der Waals surface area contributed by atoms with Gasteiger partial charge in [-0.25, -0.2) is 0 Å². The van der Waals surface area contributed by atoms with Crippen molar-refractivity contribution in [2.75, 3.05) is 13.1 Å². The van der Waals surface area contributed by atoms with Crippen molar-refractivity contribution in [3.8, 4) is 11.5 Å². The molecule has 2 aromatic rings. The Bertz CT molecular complexity index is 837. The summed E-state index contributed by atoms with van der Waals surface area (Å²) in [6.45, 7) is 0.433. The summed E-state index contributed by atoms with van der Waals surface area (Å²) in [4.78, 5) is 28.3. The Morgan fingerprint density at radius 3 is 1.45 bits per heavy atom. The Balaban J connectivity index is 0. The van der Waals surface area contributed by atoms with Gasteiger partial charge < -0.3 is 44.2 Å². The fraction of sp³-hybridized carbons (Fsp3) is 0.125. The zero-order valence-electron chi connectivity index (χ0n) is 14.6. The van der Waals surface area contributed by atoms with E-state index in [0.717, 1.165) is 0 Å². The largest absolute Gasteiger partial charge is 1.00 e. The summed E-state index contributed by atoms with van der Waals surface area (Å²) in [6, 6.07) is 7.18. The van der Waals surface area contributed by atoms with Crippen molar-refractivity contribution in [3.05, 3.63) is 67.8 Å². The van der Waals surface area contributed by atoms with Crippen molar-refractivity contribution in [1.82, 2.24) is 0 Å². The first kappa shape index (κ1) is 29.1. The summed E-state index contributed by atoms with van der Waals surface area (Å²) in [5.74, 6) is -0.270. The molecule has 0 aliphatic carbocycles. The number of halogens is 2. The van der Waals surface area contributed by atoms with E-state index < -0.39 is 9.85 Å². The van der Waals surface area contributed by atoms with E-state index in [9.17, 15) is 30.4 Å². The molecule has 29 heavy (non-hydrogen) atoms. The molecule has 0 spiro atoms. The first-order valence-corrected chi connectivity index (χ1v) is 7.33. The van der Waals surface area contributed by atoms with Crippen LogP contribution in [0.3, 0.4) is 0 Å². The van der Waals surface area contributed by atoms with Crippen LogP contribution in [-0.4, -0.2) is 69.5 Å². The molecule has 0 saturated heterocycles. The number of aliphatic imine (C=N–C) groups is 2. The van der Waals surface area contributed by atoms with Crippen LogP contribution in [0.5, 0.6) is 11.5 Å². The van der Waals surface area contributed by atoms with Gasteiger partial charge >= 0.3 is 0 Å². The standard InChI is InChI=1S/C16H14N4O6.2BrH.Sn/c21-15-3-1-13(19(23)24)7-11(15)9-17-5-6-18-10-12-8-14(20(25)26)2-4-16(12)22;;;/h1-4,7-10,21-22H,5-6H2;2*1H;/p-2. The van der Waals surface area contributed by atoms with Gasteiger partial charge in [-0.3, -0.25) is 30.2 Å². The monoisotopic (exact) mass is 636 g/mol. The SMILES string of the molecule is O=[N+]([O-])c1ccc(O)c(C=NCCN=Cc2cc([N+](=O)[O-])ccc2O)c1.[Br-].[Br-].[Sn]. The molecule has 10 nitrogen and oxygen atoms in total. The Kier molecular flexibility index (Phi) is 14.1. The number of phenols is 2. The molecule has 2 N–H and O–H groups in total. The third kappa shape index (κ3) is 8.87. The summed E-state index contributed by atoms with van der Waals surface area (Å²) in [5, 5.41) is 40.7. The summed E-state index contributed by atoms with van der Waals surface area (Å²) in [7, 11) is 0. The number of nitro groups is 2. The first-order chi connectivity index (χ1) is 12.4. The fourth-order valence-corrected chi connectivity index (χ4v) is 1.96. The molecule has 0 aliphatic heterocycles. The Morgan fingerprint density at radius 2 is 1.14 bits per heavy atom. The van der Waals surface area contributed by atoms with E-state index in [2.05, 4.69) is 9.98 Å². The van der Waals surface area contributed by atoms with Gasteiger partial charge in [-0.15, -0.1) is 0 Å². The minimum Gasteiger partial charge on any atom is -1.00 e. The molecular formula is C16H14Br2N4O6Sn-2. The van der Waals surface area contributed by atoms with E-state index in [-0.39, 0.29) is 105 Å². The second-order valence-corrected chi connectivity index (χ2v) is 5.07. The predicted octanol–water partition coefficient (Wildman–Crippen LogP) is -3.92. The molecule has 4 radical (unpaired) electrons. The minimum absolute atomic E-state index is 0. The molecule has 0 atom stereocenters. The molecule has 0 saturated carbocycles. The zero-order chi connectivity index (χ0) is 19.1. The van der Waals surface area contributed by atoms with Crippen molar-refractivity contribution in [3.63, 3.8) is 0 Å². The summed E-state index contributed by atoms with van der Waals surface area (Å²) >= 11 is 0. The average Bonchev–Trinajstić information content (AvgIpc) is 2.60. The first-order valence-electron chi connectivity index (χ1n) is 7.33. The van der Waals surface area contributed by atoms with Crippen molar-refractivity contribution >= 4 is 47.7 Å². The third-order valence-corrected chi connectivity index (χ3v) is 3.26. The predicted molar refractivity (Wildman–Crippen MR) is 100 cm³/mol. The topological polar surface area (TPSA) is 151 Å². The second-order valence-electron chi connectivity index (χ2n) is 5.07. The van der Waals surface area contributed by atoms with Crippen LogP contribution < -0.4 is 34.0 Å². The molecule has 2 rings (SSSR count). The molecule has 2 aromatic carbocycles. The van der Waals surface area contributed by atoms with Gasteiger partial charge in [0.1, 0.15) is 11.5 Å². The molecule has 0 amide bonds. The van der Waals surface area contributed by atoms with Crippen molar-refractivity contribution < 1.29 is 54.0 Å². The van der Waals surface area contributed by atoms with E-state index in [0.29, 0.717) is 0 Å². The number of hydrogen-bond acceptors (Lipinski definition) is 8. The number of aromatic hydroxyl groups is 2. The molecule has 0 aliphatic rings. The fourth-order valence-electron chi connectivity index (χ4n) is 1.96. The van der Waals surface area contributed by atoms with Crippen LogP contribution in [0.25, 0.3) is 0 Å².